The molecule has 0 radical (unpaired) electrons. The molecule has 164 valence electrons. The summed E-state index contributed by atoms with van der Waals surface area (Å²) in [5.74, 6) is -6.97. The third-order valence-electron chi connectivity index (χ3n) is 7.27. The van der Waals surface area contributed by atoms with Crippen molar-refractivity contribution in [2.75, 3.05) is 19.0 Å². The number of Topliss-reactive ketones (excluding diaryl/α,β-unsaturated/α-hetero) is 5. The molecule has 1 aromatic rings. The topological polar surface area (TPSA) is 109 Å². The lowest BCUT2D eigenvalue weighted by Gasteiger charge is -2.44. The van der Waals surface area contributed by atoms with Gasteiger partial charge in [-0.1, -0.05) is 6.92 Å². The normalized spacial score (nSPS) is 29.9. The fourth-order valence-corrected chi connectivity index (χ4v) is 5.89. The summed E-state index contributed by atoms with van der Waals surface area (Å²) in [6.07, 6.45) is 1.36. The molecule has 5 unspecified atom stereocenters. The van der Waals surface area contributed by atoms with Crippen LogP contribution in [0, 0.1) is 29.6 Å². The van der Waals surface area contributed by atoms with Crippen LogP contribution in [0.25, 0.3) is 0 Å². The quantitative estimate of drug-likeness (QED) is 0.737. The second kappa shape index (κ2) is 7.39. The van der Waals surface area contributed by atoms with Gasteiger partial charge in [0.2, 0.25) is 0 Å². The summed E-state index contributed by atoms with van der Waals surface area (Å²) in [5.41, 5.74) is 2.36. The van der Waals surface area contributed by atoms with E-state index in [4.69, 9.17) is 0 Å². The van der Waals surface area contributed by atoms with Gasteiger partial charge >= 0.3 is 0 Å². The predicted molar refractivity (Wildman–Crippen MR) is 112 cm³/mol. The molecule has 0 heterocycles. The van der Waals surface area contributed by atoms with Gasteiger partial charge in [0.1, 0.15) is 17.5 Å². The van der Waals surface area contributed by atoms with Crippen LogP contribution in [0.15, 0.2) is 6.07 Å². The smallest absolute Gasteiger partial charge is 0.177 e. The number of hydrogen-bond acceptors (Lipinski definition) is 7. The molecular weight excluding hydrogens is 398 g/mol. The van der Waals surface area contributed by atoms with E-state index in [0.29, 0.717) is 30.4 Å². The van der Waals surface area contributed by atoms with Crippen LogP contribution in [0.2, 0.25) is 0 Å². The van der Waals surface area contributed by atoms with Gasteiger partial charge in [0.05, 0.1) is 17.4 Å². The summed E-state index contributed by atoms with van der Waals surface area (Å²) in [6.45, 7) is 3.07. The summed E-state index contributed by atoms with van der Waals surface area (Å²) in [4.78, 5) is 66.1. The summed E-state index contributed by atoms with van der Waals surface area (Å²) in [6, 6.07) is 1.88. The summed E-state index contributed by atoms with van der Waals surface area (Å²) < 4.78 is 0. The molecule has 7 heteroatoms. The van der Waals surface area contributed by atoms with E-state index >= 15 is 0 Å². The molecule has 3 aliphatic carbocycles. The van der Waals surface area contributed by atoms with Gasteiger partial charge in [0, 0.05) is 26.2 Å². The zero-order valence-electron chi connectivity index (χ0n) is 18.2. The largest absolute Gasteiger partial charge is 0.507 e. The SMILES string of the molecule is CCc1cc(N(C)C)c2c(c1O)C(=O)C1C(=O)C3C(=O)C(C(C)=O)C(=O)CC3CC1C2. The number of aromatic hydroxyl groups is 1. The lowest BCUT2D eigenvalue weighted by Crippen LogP contribution is -2.55. The summed E-state index contributed by atoms with van der Waals surface area (Å²) in [5, 5.41) is 10.8. The number of phenols is 1. The van der Waals surface area contributed by atoms with E-state index in [9.17, 15) is 29.1 Å². The number of carbonyl (C=O) groups is 5. The number of rotatable bonds is 3. The number of phenolic OH excluding ortho intramolecular Hbond substituents is 1. The van der Waals surface area contributed by atoms with Gasteiger partial charge in [-0.05, 0) is 55.2 Å². The van der Waals surface area contributed by atoms with Crippen molar-refractivity contribution in [3.63, 3.8) is 0 Å². The van der Waals surface area contributed by atoms with Crippen LogP contribution in [-0.2, 0) is 32.0 Å². The number of benzene rings is 1. The molecule has 1 N–H and O–H groups in total. The molecule has 1 aromatic carbocycles. The highest BCUT2D eigenvalue weighted by atomic mass is 16.3. The van der Waals surface area contributed by atoms with Gasteiger partial charge in [-0.15, -0.1) is 0 Å². The highest BCUT2D eigenvalue weighted by molar-refractivity contribution is 6.28. The number of nitrogens with zero attached hydrogens (tertiary/aromatic N) is 1. The number of carbonyl (C=O) groups excluding carboxylic acids is 5. The first kappa shape index (κ1) is 21.4. The molecule has 31 heavy (non-hydrogen) atoms. The molecule has 4 rings (SSSR count). The highest BCUT2D eigenvalue weighted by Crippen LogP contribution is 2.50. The average Bonchev–Trinajstić information content (AvgIpc) is 2.66. The van der Waals surface area contributed by atoms with E-state index in [-0.39, 0.29) is 23.7 Å². The maximum atomic E-state index is 13.5. The van der Waals surface area contributed by atoms with Gasteiger partial charge < -0.3 is 10.0 Å². The van der Waals surface area contributed by atoms with Crippen molar-refractivity contribution in [1.82, 2.24) is 0 Å². The minimum atomic E-state index is -1.40. The zero-order valence-corrected chi connectivity index (χ0v) is 18.2. The molecule has 0 aliphatic heterocycles. The molecule has 5 atom stereocenters. The predicted octanol–water partition coefficient (Wildman–Crippen LogP) is 1.94. The zero-order chi connectivity index (χ0) is 22.8. The van der Waals surface area contributed by atoms with Crippen LogP contribution in [0.1, 0.15) is 48.2 Å². The first-order valence-electron chi connectivity index (χ1n) is 10.8. The van der Waals surface area contributed by atoms with Gasteiger partial charge in [-0.2, -0.15) is 0 Å². The Labute approximate surface area is 180 Å². The van der Waals surface area contributed by atoms with Crippen molar-refractivity contribution < 1.29 is 29.1 Å². The van der Waals surface area contributed by atoms with Gasteiger partial charge in [-0.3, -0.25) is 24.0 Å². The Balaban J connectivity index is 1.81. The fraction of sp³-hybridized carbons (Fsp3) is 0.542. The number of fused-ring (bicyclic) bond motifs is 3. The first-order valence-corrected chi connectivity index (χ1v) is 10.8. The molecule has 3 aliphatic rings. The minimum absolute atomic E-state index is 0.0111. The standard InChI is InChI=1S/C24H27NO6/c1-5-11-8-15(25(3)4)14-7-12-6-13-9-16(27)17(10(2)26)22(29)19(13)23(30)18(12)24(31)20(14)21(11)28/h8,12-13,17-19,28H,5-7,9H2,1-4H3. The maximum Gasteiger partial charge on any atom is 0.177 e. The first-order chi connectivity index (χ1) is 14.6. The van der Waals surface area contributed by atoms with E-state index in [1.165, 1.54) is 6.92 Å². The average molecular weight is 425 g/mol. The van der Waals surface area contributed by atoms with Crippen LogP contribution in [-0.4, -0.2) is 48.1 Å². The van der Waals surface area contributed by atoms with Crippen molar-refractivity contribution in [1.29, 1.82) is 0 Å². The Morgan fingerprint density at radius 2 is 1.71 bits per heavy atom. The molecular formula is C24H27NO6. The summed E-state index contributed by atoms with van der Waals surface area (Å²) >= 11 is 0. The number of aryl methyl sites for hydroxylation is 1. The number of hydrogen-bond donors (Lipinski definition) is 1. The molecule has 7 nitrogen and oxygen atoms in total. The van der Waals surface area contributed by atoms with Crippen LogP contribution in [0.3, 0.4) is 0 Å². The van der Waals surface area contributed by atoms with E-state index < -0.39 is 52.6 Å². The van der Waals surface area contributed by atoms with Crippen LogP contribution < -0.4 is 4.90 Å². The van der Waals surface area contributed by atoms with E-state index in [1.807, 2.05) is 32.0 Å². The molecule has 0 spiro atoms. The third kappa shape index (κ3) is 3.05. The molecule has 0 bridgehead atoms. The second-order valence-corrected chi connectivity index (χ2v) is 9.30. The lowest BCUT2D eigenvalue weighted by atomic mass is 9.55. The van der Waals surface area contributed by atoms with Crippen LogP contribution >= 0.6 is 0 Å². The number of ketones is 5. The Morgan fingerprint density at radius 1 is 1.06 bits per heavy atom. The molecule has 2 fully saturated rings. The molecule has 0 aromatic heterocycles. The molecule has 0 amide bonds. The Hall–Kier alpha value is -2.83. The minimum Gasteiger partial charge on any atom is -0.507 e. The van der Waals surface area contributed by atoms with Gasteiger partial charge in [0.15, 0.2) is 23.1 Å². The second-order valence-electron chi connectivity index (χ2n) is 9.30. The number of anilines is 1. The third-order valence-corrected chi connectivity index (χ3v) is 7.27. The van der Waals surface area contributed by atoms with Crippen molar-refractivity contribution in [3.8, 4) is 5.75 Å². The van der Waals surface area contributed by atoms with Gasteiger partial charge in [-0.25, -0.2) is 0 Å². The van der Waals surface area contributed by atoms with Crippen LogP contribution in [0.5, 0.6) is 5.75 Å². The lowest BCUT2D eigenvalue weighted by molar-refractivity contribution is -0.152. The molecule has 0 saturated heterocycles. The van der Waals surface area contributed by atoms with E-state index in [1.54, 1.807) is 0 Å². The Morgan fingerprint density at radius 3 is 2.29 bits per heavy atom. The van der Waals surface area contributed by atoms with Crippen LogP contribution in [0.4, 0.5) is 5.69 Å². The van der Waals surface area contributed by atoms with Crippen molar-refractivity contribution in [2.45, 2.75) is 39.5 Å². The van der Waals surface area contributed by atoms with E-state index in [0.717, 1.165) is 5.69 Å². The maximum absolute atomic E-state index is 13.5. The summed E-state index contributed by atoms with van der Waals surface area (Å²) in [7, 11) is 3.73. The monoisotopic (exact) mass is 425 g/mol. The van der Waals surface area contributed by atoms with E-state index in [2.05, 4.69) is 0 Å². The molecule has 2 saturated carbocycles. The van der Waals surface area contributed by atoms with Crippen molar-refractivity contribution in [2.24, 2.45) is 29.6 Å². The Bertz CT molecular complexity index is 1040. The highest BCUT2D eigenvalue weighted by Gasteiger charge is 2.57. The van der Waals surface area contributed by atoms with Crippen molar-refractivity contribution >= 4 is 34.6 Å². The fourth-order valence-electron chi connectivity index (χ4n) is 5.89. The Kier molecular flexibility index (Phi) is 5.10. The van der Waals surface area contributed by atoms with Gasteiger partial charge in [0.25, 0.3) is 0 Å². The van der Waals surface area contributed by atoms with Crippen molar-refractivity contribution in [3.05, 3.63) is 22.8 Å².